The molecule has 0 aromatic carbocycles. The van der Waals surface area contributed by atoms with Crippen molar-refractivity contribution in [1.82, 2.24) is 4.90 Å². The molecule has 1 aliphatic heterocycles. The molecule has 5 fully saturated rings. The van der Waals surface area contributed by atoms with E-state index in [-0.39, 0.29) is 42.6 Å². The van der Waals surface area contributed by atoms with E-state index in [2.05, 4.69) is 0 Å². The van der Waals surface area contributed by atoms with Gasteiger partial charge in [-0.15, -0.1) is 0 Å². The minimum Gasteiger partial charge on any atom is -0.459 e. The first kappa shape index (κ1) is 23.2. The lowest BCUT2D eigenvalue weighted by Gasteiger charge is -2.59. The quantitative estimate of drug-likeness (QED) is 0.319. The predicted molar refractivity (Wildman–Crippen MR) is 113 cm³/mol. The number of hydrogen-bond donors (Lipinski definition) is 0. The molecule has 5 aliphatic rings. The van der Waals surface area contributed by atoms with Crippen LogP contribution in [0.15, 0.2) is 0 Å². The van der Waals surface area contributed by atoms with Gasteiger partial charge < -0.3 is 14.2 Å². The van der Waals surface area contributed by atoms with Gasteiger partial charge in [0, 0.05) is 31.4 Å². The summed E-state index contributed by atoms with van der Waals surface area (Å²) in [6.07, 6.45) is 3.99. The van der Waals surface area contributed by atoms with E-state index in [9.17, 15) is 19.2 Å². The van der Waals surface area contributed by atoms with Gasteiger partial charge in [0.15, 0.2) is 6.29 Å². The Morgan fingerprint density at radius 1 is 1.06 bits per heavy atom. The summed E-state index contributed by atoms with van der Waals surface area (Å²) in [5.74, 6) is -1.15. The van der Waals surface area contributed by atoms with Crippen molar-refractivity contribution in [3.05, 3.63) is 0 Å². The zero-order chi connectivity index (χ0) is 23.3. The van der Waals surface area contributed by atoms with E-state index < -0.39 is 23.3 Å². The molecule has 0 N–H and O–H groups in total. The van der Waals surface area contributed by atoms with Crippen molar-refractivity contribution in [3.8, 4) is 0 Å². The highest BCUT2D eigenvalue weighted by molar-refractivity contribution is 6.04. The lowest BCUT2D eigenvalue weighted by atomic mass is 9.48. The highest BCUT2D eigenvalue weighted by Crippen LogP contribution is 2.63. The summed E-state index contributed by atoms with van der Waals surface area (Å²) in [6.45, 7) is 7.57. The number of likely N-dealkylation sites (tertiary alicyclic amines) is 1. The van der Waals surface area contributed by atoms with Crippen LogP contribution in [0, 0.1) is 29.1 Å². The van der Waals surface area contributed by atoms with Gasteiger partial charge >= 0.3 is 11.9 Å². The van der Waals surface area contributed by atoms with Gasteiger partial charge in [0.05, 0.1) is 11.8 Å². The monoisotopic (exact) mass is 449 g/mol. The van der Waals surface area contributed by atoms with Crippen LogP contribution < -0.4 is 0 Å². The Labute approximate surface area is 189 Å². The van der Waals surface area contributed by atoms with E-state index in [1.807, 2.05) is 6.92 Å². The van der Waals surface area contributed by atoms with Crippen molar-refractivity contribution in [2.45, 2.75) is 84.5 Å². The fraction of sp³-hybridized carbons (Fsp3) is 0.833. The Kier molecular flexibility index (Phi) is 6.11. The fourth-order valence-electron chi connectivity index (χ4n) is 6.83. The van der Waals surface area contributed by atoms with Crippen LogP contribution in [0.3, 0.4) is 0 Å². The number of rotatable bonds is 8. The number of hydrogen-bond acceptors (Lipinski definition) is 7. The van der Waals surface area contributed by atoms with Crippen LogP contribution in [-0.4, -0.2) is 53.7 Å². The molecule has 32 heavy (non-hydrogen) atoms. The second-order valence-corrected chi connectivity index (χ2v) is 10.5. The van der Waals surface area contributed by atoms with E-state index in [4.69, 9.17) is 14.2 Å². The number of ether oxygens (including phenoxy) is 3. The Hall–Kier alpha value is -1.96. The van der Waals surface area contributed by atoms with Gasteiger partial charge in [0.1, 0.15) is 5.60 Å². The van der Waals surface area contributed by atoms with Crippen LogP contribution in [0.4, 0.5) is 0 Å². The molecule has 0 aromatic rings. The highest BCUT2D eigenvalue weighted by atomic mass is 16.7. The van der Waals surface area contributed by atoms with Gasteiger partial charge in [-0.2, -0.15) is 0 Å². The summed E-state index contributed by atoms with van der Waals surface area (Å²) in [5, 5.41) is 0. The molecule has 4 saturated carbocycles. The summed E-state index contributed by atoms with van der Waals surface area (Å²) >= 11 is 0. The molecular formula is C24H35NO7. The summed E-state index contributed by atoms with van der Waals surface area (Å²) in [5.41, 5.74) is -1.28. The lowest BCUT2D eigenvalue weighted by molar-refractivity contribution is -0.224. The maximum absolute atomic E-state index is 13.1. The SMILES string of the molecule is CCOC(C)OC(=O)C12CC3CC(CC(OC(=O)CCN4C(=O)C(C)C(C)C4=O)(C3)C1)C2. The van der Waals surface area contributed by atoms with Crippen molar-refractivity contribution in [3.63, 3.8) is 0 Å². The lowest BCUT2D eigenvalue weighted by Crippen LogP contribution is -2.60. The Balaban J connectivity index is 1.40. The van der Waals surface area contributed by atoms with Crippen molar-refractivity contribution in [1.29, 1.82) is 0 Å². The van der Waals surface area contributed by atoms with E-state index in [0.717, 1.165) is 32.1 Å². The van der Waals surface area contributed by atoms with Crippen molar-refractivity contribution in [2.75, 3.05) is 13.2 Å². The van der Waals surface area contributed by atoms with Gasteiger partial charge in [-0.1, -0.05) is 13.8 Å². The normalized spacial score (nSPS) is 38.8. The fourth-order valence-corrected chi connectivity index (χ4v) is 6.83. The van der Waals surface area contributed by atoms with Gasteiger partial charge in [0.2, 0.25) is 11.8 Å². The third-order valence-electron chi connectivity index (χ3n) is 8.05. The van der Waals surface area contributed by atoms with Crippen LogP contribution in [0.1, 0.15) is 72.6 Å². The molecular weight excluding hydrogens is 414 g/mol. The molecule has 4 aliphatic carbocycles. The van der Waals surface area contributed by atoms with Crippen LogP contribution in [0.5, 0.6) is 0 Å². The second kappa shape index (κ2) is 8.43. The summed E-state index contributed by atoms with van der Waals surface area (Å²) in [7, 11) is 0. The number of amides is 2. The first-order chi connectivity index (χ1) is 15.1. The van der Waals surface area contributed by atoms with Gasteiger partial charge in [-0.3, -0.25) is 24.1 Å². The molecule has 1 saturated heterocycles. The highest BCUT2D eigenvalue weighted by Gasteiger charge is 2.63. The Morgan fingerprint density at radius 3 is 2.22 bits per heavy atom. The molecule has 0 spiro atoms. The van der Waals surface area contributed by atoms with Crippen LogP contribution in [0.25, 0.3) is 0 Å². The third-order valence-corrected chi connectivity index (χ3v) is 8.05. The van der Waals surface area contributed by atoms with Crippen molar-refractivity contribution < 1.29 is 33.4 Å². The number of nitrogens with zero attached hydrogens (tertiary/aromatic N) is 1. The first-order valence-corrected chi connectivity index (χ1v) is 12.0. The molecule has 5 atom stereocenters. The Morgan fingerprint density at radius 2 is 1.66 bits per heavy atom. The zero-order valence-corrected chi connectivity index (χ0v) is 19.6. The molecule has 0 radical (unpaired) electrons. The molecule has 8 heteroatoms. The molecule has 0 aromatic heterocycles. The van der Waals surface area contributed by atoms with Crippen molar-refractivity contribution in [2.24, 2.45) is 29.1 Å². The molecule has 1 heterocycles. The number of carbonyl (C=O) groups is 4. The van der Waals surface area contributed by atoms with E-state index in [1.54, 1.807) is 20.8 Å². The standard InChI is InChI=1S/C24H35NO7/c1-5-30-16(4)31-22(29)23-9-17-8-18(10-23)12-24(11-17,13-23)32-19(26)6-7-25-20(27)14(2)15(3)21(25)28/h14-18H,5-13H2,1-4H3. The largest absolute Gasteiger partial charge is 0.459 e. The van der Waals surface area contributed by atoms with Gasteiger partial charge in [-0.25, -0.2) is 0 Å². The molecule has 5 unspecified atom stereocenters. The van der Waals surface area contributed by atoms with Gasteiger partial charge in [0.25, 0.3) is 0 Å². The topological polar surface area (TPSA) is 99.2 Å². The van der Waals surface area contributed by atoms with Crippen LogP contribution >= 0.6 is 0 Å². The minimum absolute atomic E-state index is 0.0210. The second-order valence-electron chi connectivity index (χ2n) is 10.5. The summed E-state index contributed by atoms with van der Waals surface area (Å²) < 4.78 is 17.0. The molecule has 178 valence electrons. The molecule has 5 rings (SSSR count). The summed E-state index contributed by atoms with van der Waals surface area (Å²) in [6, 6.07) is 0. The van der Waals surface area contributed by atoms with E-state index >= 15 is 0 Å². The first-order valence-electron chi connectivity index (χ1n) is 12.0. The number of imide groups is 1. The van der Waals surface area contributed by atoms with Crippen LogP contribution in [0.2, 0.25) is 0 Å². The maximum Gasteiger partial charge on any atom is 0.314 e. The maximum atomic E-state index is 13.1. The molecule has 8 nitrogen and oxygen atoms in total. The van der Waals surface area contributed by atoms with E-state index in [1.165, 1.54) is 4.90 Å². The average Bonchev–Trinajstić information content (AvgIpc) is 2.88. The van der Waals surface area contributed by atoms with Gasteiger partial charge in [-0.05, 0) is 57.8 Å². The van der Waals surface area contributed by atoms with Crippen LogP contribution in [-0.2, 0) is 33.4 Å². The predicted octanol–water partition coefficient (Wildman–Crippen LogP) is 2.83. The minimum atomic E-state index is -0.658. The number of esters is 2. The van der Waals surface area contributed by atoms with E-state index in [0.29, 0.717) is 24.9 Å². The smallest absolute Gasteiger partial charge is 0.314 e. The average molecular weight is 450 g/mol. The molecule has 2 amide bonds. The molecule has 4 bridgehead atoms. The number of carbonyl (C=O) groups excluding carboxylic acids is 4. The zero-order valence-electron chi connectivity index (χ0n) is 19.6. The third kappa shape index (κ3) is 4.06. The van der Waals surface area contributed by atoms with Crippen molar-refractivity contribution >= 4 is 23.8 Å². The Bertz CT molecular complexity index is 774. The summed E-state index contributed by atoms with van der Waals surface area (Å²) in [4.78, 5) is 51.7.